The maximum atomic E-state index is 12.0. The van der Waals surface area contributed by atoms with E-state index in [1.54, 1.807) is 18.2 Å². The van der Waals surface area contributed by atoms with Gasteiger partial charge in [0.2, 0.25) is 0 Å². The molecule has 2 rings (SSSR count). The lowest BCUT2D eigenvalue weighted by molar-refractivity contribution is -0.384. The highest BCUT2D eigenvalue weighted by atomic mass is 35.5. The van der Waals surface area contributed by atoms with E-state index in [1.807, 2.05) is 13.0 Å². The first-order valence-corrected chi connectivity index (χ1v) is 6.17. The molecule has 0 aliphatic heterocycles. The lowest BCUT2D eigenvalue weighted by Crippen LogP contribution is -2.12. The van der Waals surface area contributed by atoms with Crippen molar-refractivity contribution < 1.29 is 9.72 Å². The molecular formula is C14H11ClN2O3. The first kappa shape index (κ1) is 14.0. The molecule has 5 nitrogen and oxygen atoms in total. The molecule has 0 radical (unpaired) electrons. The Morgan fingerprint density at radius 1 is 1.25 bits per heavy atom. The minimum Gasteiger partial charge on any atom is -0.322 e. The molecule has 0 aromatic heterocycles. The molecule has 2 aromatic rings. The Labute approximate surface area is 120 Å². The van der Waals surface area contributed by atoms with E-state index in [9.17, 15) is 14.9 Å². The van der Waals surface area contributed by atoms with Crippen molar-refractivity contribution in [1.82, 2.24) is 0 Å². The predicted octanol–water partition coefficient (Wildman–Crippen LogP) is 3.81. The molecule has 1 N–H and O–H groups in total. The van der Waals surface area contributed by atoms with Crippen LogP contribution in [0.1, 0.15) is 15.9 Å². The van der Waals surface area contributed by atoms with Crippen LogP contribution in [0.3, 0.4) is 0 Å². The number of nitrogens with zero attached hydrogens (tertiary/aromatic N) is 1. The van der Waals surface area contributed by atoms with Crippen LogP contribution in [-0.4, -0.2) is 10.8 Å². The summed E-state index contributed by atoms with van der Waals surface area (Å²) in [5.74, 6) is -0.328. The van der Waals surface area contributed by atoms with Crippen molar-refractivity contribution in [3.05, 3.63) is 68.7 Å². The summed E-state index contributed by atoms with van der Waals surface area (Å²) < 4.78 is 0. The fourth-order valence-corrected chi connectivity index (χ4v) is 1.91. The van der Waals surface area contributed by atoms with Crippen LogP contribution in [0.25, 0.3) is 0 Å². The number of carbonyl (C=O) groups is 1. The zero-order valence-corrected chi connectivity index (χ0v) is 11.3. The van der Waals surface area contributed by atoms with Crippen molar-refractivity contribution in [3.63, 3.8) is 0 Å². The smallest absolute Gasteiger partial charge is 0.289 e. The van der Waals surface area contributed by atoms with E-state index in [2.05, 4.69) is 5.32 Å². The number of hydrogen-bond acceptors (Lipinski definition) is 3. The fourth-order valence-electron chi connectivity index (χ4n) is 1.72. The Balaban J connectivity index is 2.24. The largest absolute Gasteiger partial charge is 0.322 e. The van der Waals surface area contributed by atoms with E-state index in [4.69, 9.17) is 11.6 Å². The number of nitro benzene ring substituents is 1. The second-order valence-corrected chi connectivity index (χ2v) is 4.65. The first-order chi connectivity index (χ1) is 9.47. The van der Waals surface area contributed by atoms with Gasteiger partial charge in [-0.25, -0.2) is 0 Å². The Hall–Kier alpha value is -2.40. The van der Waals surface area contributed by atoms with Gasteiger partial charge in [-0.3, -0.25) is 14.9 Å². The first-order valence-electron chi connectivity index (χ1n) is 5.79. The Bertz CT molecular complexity index is 686. The van der Waals surface area contributed by atoms with Crippen LogP contribution in [0.15, 0.2) is 42.5 Å². The molecular weight excluding hydrogens is 280 g/mol. The van der Waals surface area contributed by atoms with E-state index in [0.29, 0.717) is 11.3 Å². The molecule has 0 saturated heterocycles. The summed E-state index contributed by atoms with van der Waals surface area (Å²) in [6.07, 6.45) is 0. The maximum absolute atomic E-state index is 12.0. The highest BCUT2D eigenvalue weighted by molar-refractivity contribution is 6.32. The molecule has 2 aromatic carbocycles. The highest BCUT2D eigenvalue weighted by Gasteiger charge is 2.14. The average molecular weight is 291 g/mol. The minimum absolute atomic E-state index is 0.0311. The summed E-state index contributed by atoms with van der Waals surface area (Å²) in [6.45, 7) is 1.88. The molecule has 0 heterocycles. The van der Waals surface area contributed by atoms with E-state index >= 15 is 0 Å². The number of benzene rings is 2. The number of rotatable bonds is 3. The topological polar surface area (TPSA) is 72.2 Å². The summed E-state index contributed by atoms with van der Waals surface area (Å²) in [6, 6.07) is 11.2. The molecule has 0 spiro atoms. The zero-order chi connectivity index (χ0) is 14.7. The normalized spacial score (nSPS) is 10.1. The standard InChI is InChI=1S/C14H11ClN2O3/c1-9-3-2-4-10(7-9)14(18)16-11-5-6-12(15)13(8-11)17(19)20/h2-8H,1H3,(H,16,18). The molecule has 0 fully saturated rings. The summed E-state index contributed by atoms with van der Waals surface area (Å²) in [7, 11) is 0. The number of nitro groups is 1. The van der Waals surface area contributed by atoms with Crippen molar-refractivity contribution in [2.75, 3.05) is 5.32 Å². The molecule has 1 amide bonds. The molecule has 0 atom stereocenters. The van der Waals surface area contributed by atoms with Gasteiger partial charge in [-0.1, -0.05) is 29.3 Å². The number of nitrogens with one attached hydrogen (secondary N) is 1. The van der Waals surface area contributed by atoms with E-state index in [1.165, 1.54) is 18.2 Å². The zero-order valence-electron chi connectivity index (χ0n) is 10.6. The van der Waals surface area contributed by atoms with Crippen LogP contribution in [-0.2, 0) is 0 Å². The fraction of sp³-hybridized carbons (Fsp3) is 0.0714. The number of hydrogen-bond donors (Lipinski definition) is 1. The van der Waals surface area contributed by atoms with Crippen molar-refractivity contribution in [3.8, 4) is 0 Å². The third-order valence-corrected chi connectivity index (χ3v) is 3.00. The minimum atomic E-state index is -0.593. The average Bonchev–Trinajstić information content (AvgIpc) is 2.40. The molecule has 20 heavy (non-hydrogen) atoms. The van der Waals surface area contributed by atoms with Crippen LogP contribution in [0.5, 0.6) is 0 Å². The van der Waals surface area contributed by atoms with Crippen molar-refractivity contribution in [1.29, 1.82) is 0 Å². The van der Waals surface area contributed by atoms with E-state index in [0.717, 1.165) is 5.56 Å². The Morgan fingerprint density at radius 3 is 2.65 bits per heavy atom. The summed E-state index contributed by atoms with van der Waals surface area (Å²) in [5, 5.41) is 13.4. The Kier molecular flexibility index (Phi) is 4.00. The summed E-state index contributed by atoms with van der Waals surface area (Å²) >= 11 is 5.71. The van der Waals surface area contributed by atoms with Gasteiger partial charge in [-0.2, -0.15) is 0 Å². The van der Waals surface area contributed by atoms with Crippen molar-refractivity contribution in [2.24, 2.45) is 0 Å². The molecule has 0 bridgehead atoms. The lowest BCUT2D eigenvalue weighted by Gasteiger charge is -2.06. The van der Waals surface area contributed by atoms with Crippen molar-refractivity contribution >= 4 is 28.9 Å². The third-order valence-electron chi connectivity index (χ3n) is 2.68. The van der Waals surface area contributed by atoms with Crippen LogP contribution in [0.4, 0.5) is 11.4 Å². The number of amides is 1. The quantitative estimate of drug-likeness (QED) is 0.690. The predicted molar refractivity (Wildman–Crippen MR) is 77.2 cm³/mol. The van der Waals surface area contributed by atoms with E-state index < -0.39 is 4.92 Å². The van der Waals surface area contributed by atoms with Gasteiger partial charge in [0.05, 0.1) is 4.92 Å². The number of aryl methyl sites for hydroxylation is 1. The molecule has 0 unspecified atom stereocenters. The SMILES string of the molecule is Cc1cccc(C(=O)Nc2ccc(Cl)c([N+](=O)[O-])c2)c1. The van der Waals surface area contributed by atoms with Gasteiger partial charge in [0, 0.05) is 17.3 Å². The highest BCUT2D eigenvalue weighted by Crippen LogP contribution is 2.27. The van der Waals surface area contributed by atoms with Gasteiger partial charge >= 0.3 is 0 Å². The number of anilines is 1. The monoisotopic (exact) mass is 290 g/mol. The maximum Gasteiger partial charge on any atom is 0.289 e. The number of carbonyl (C=O) groups excluding carboxylic acids is 1. The molecule has 0 saturated carbocycles. The number of halogens is 1. The van der Waals surface area contributed by atoms with Gasteiger partial charge in [-0.05, 0) is 31.2 Å². The van der Waals surface area contributed by atoms with Crippen LogP contribution >= 0.6 is 11.6 Å². The molecule has 102 valence electrons. The second-order valence-electron chi connectivity index (χ2n) is 4.25. The van der Waals surface area contributed by atoms with Crippen LogP contribution in [0, 0.1) is 17.0 Å². The van der Waals surface area contributed by atoms with Gasteiger partial charge in [0.15, 0.2) is 0 Å². The van der Waals surface area contributed by atoms with Gasteiger partial charge in [-0.15, -0.1) is 0 Å². The summed E-state index contributed by atoms with van der Waals surface area (Å²) in [5.41, 5.74) is 1.53. The van der Waals surface area contributed by atoms with Crippen LogP contribution < -0.4 is 5.32 Å². The molecule has 0 aliphatic rings. The van der Waals surface area contributed by atoms with Gasteiger partial charge in [0.25, 0.3) is 11.6 Å². The third kappa shape index (κ3) is 3.13. The summed E-state index contributed by atoms with van der Waals surface area (Å²) in [4.78, 5) is 22.2. The van der Waals surface area contributed by atoms with Gasteiger partial charge in [0.1, 0.15) is 5.02 Å². The Morgan fingerprint density at radius 2 is 2.00 bits per heavy atom. The lowest BCUT2D eigenvalue weighted by atomic mass is 10.1. The molecule has 6 heteroatoms. The molecule has 0 aliphatic carbocycles. The van der Waals surface area contributed by atoms with Crippen molar-refractivity contribution in [2.45, 2.75) is 6.92 Å². The van der Waals surface area contributed by atoms with E-state index in [-0.39, 0.29) is 16.6 Å². The second kappa shape index (κ2) is 5.71. The van der Waals surface area contributed by atoms with Gasteiger partial charge < -0.3 is 5.32 Å². The van der Waals surface area contributed by atoms with Crippen LogP contribution in [0.2, 0.25) is 5.02 Å².